The van der Waals surface area contributed by atoms with Gasteiger partial charge < -0.3 is 10.2 Å². The molecule has 0 unspecified atom stereocenters. The number of aromatic carboxylic acids is 1. The van der Waals surface area contributed by atoms with Crippen molar-refractivity contribution in [2.45, 2.75) is 20.4 Å². The van der Waals surface area contributed by atoms with Crippen LogP contribution in [0.2, 0.25) is 0 Å². The Bertz CT molecular complexity index is 602. The van der Waals surface area contributed by atoms with Gasteiger partial charge in [0.2, 0.25) is 0 Å². The monoisotopic (exact) mass is 246 g/mol. The molecule has 2 rings (SSSR count). The van der Waals surface area contributed by atoms with Crippen molar-refractivity contribution >= 4 is 5.97 Å². The summed E-state index contributed by atoms with van der Waals surface area (Å²) in [6.45, 7) is 4.57. The molecule has 0 atom stereocenters. The maximum atomic E-state index is 10.8. The van der Waals surface area contributed by atoms with E-state index in [2.05, 4.69) is 5.10 Å². The Kier molecular flexibility index (Phi) is 3.06. The highest BCUT2D eigenvalue weighted by Gasteiger charge is 2.13. The van der Waals surface area contributed by atoms with E-state index in [9.17, 15) is 9.90 Å². The number of rotatable bonds is 3. The molecule has 0 spiro atoms. The van der Waals surface area contributed by atoms with Gasteiger partial charge in [0, 0.05) is 23.9 Å². The van der Waals surface area contributed by atoms with Crippen molar-refractivity contribution in [2.75, 3.05) is 0 Å². The Balaban J connectivity index is 2.50. The summed E-state index contributed by atoms with van der Waals surface area (Å²) >= 11 is 0. The predicted molar refractivity (Wildman–Crippen MR) is 66.7 cm³/mol. The van der Waals surface area contributed by atoms with Crippen molar-refractivity contribution in [2.24, 2.45) is 0 Å². The quantitative estimate of drug-likeness (QED) is 0.871. The number of aromatic hydroxyl groups is 1. The zero-order chi connectivity index (χ0) is 13.3. The lowest BCUT2D eigenvalue weighted by Crippen LogP contribution is -1.95. The molecule has 0 fully saturated rings. The van der Waals surface area contributed by atoms with E-state index in [1.807, 2.05) is 20.0 Å². The lowest BCUT2D eigenvalue weighted by molar-refractivity contribution is 0.0696. The van der Waals surface area contributed by atoms with Crippen LogP contribution in [0, 0.1) is 6.92 Å². The highest BCUT2D eigenvalue weighted by atomic mass is 16.4. The third-order valence-corrected chi connectivity index (χ3v) is 2.81. The van der Waals surface area contributed by atoms with E-state index >= 15 is 0 Å². The second-order valence-corrected chi connectivity index (χ2v) is 4.02. The topological polar surface area (TPSA) is 75.4 Å². The van der Waals surface area contributed by atoms with E-state index in [0.717, 1.165) is 17.8 Å². The minimum Gasteiger partial charge on any atom is -0.507 e. The van der Waals surface area contributed by atoms with Crippen LogP contribution in [0.1, 0.15) is 23.0 Å². The van der Waals surface area contributed by atoms with Gasteiger partial charge in [-0.15, -0.1) is 0 Å². The minimum atomic E-state index is -1.06. The Morgan fingerprint density at radius 1 is 1.39 bits per heavy atom. The summed E-state index contributed by atoms with van der Waals surface area (Å²) in [4.78, 5) is 10.8. The fourth-order valence-electron chi connectivity index (χ4n) is 1.84. The molecule has 0 saturated carbocycles. The molecule has 0 radical (unpaired) electrons. The van der Waals surface area contributed by atoms with Gasteiger partial charge in [0.1, 0.15) is 5.75 Å². The van der Waals surface area contributed by atoms with Gasteiger partial charge in [0.25, 0.3) is 0 Å². The SMILES string of the molecule is CCn1cc(-c2ccc(C(=O)O)cc2O)c(C)n1. The van der Waals surface area contributed by atoms with Crippen LogP contribution in [0.15, 0.2) is 24.4 Å². The van der Waals surface area contributed by atoms with E-state index in [1.165, 1.54) is 12.1 Å². The normalized spacial score (nSPS) is 10.6. The van der Waals surface area contributed by atoms with Crippen molar-refractivity contribution in [3.05, 3.63) is 35.7 Å². The average Bonchev–Trinajstić information content (AvgIpc) is 2.70. The molecule has 1 aromatic carbocycles. The standard InChI is InChI=1S/C13H14N2O3/c1-3-15-7-11(8(2)14-15)10-5-4-9(13(17)18)6-12(10)16/h4-7,16H,3H2,1-2H3,(H,17,18). The summed E-state index contributed by atoms with van der Waals surface area (Å²) in [5.74, 6) is -1.11. The number of hydrogen-bond donors (Lipinski definition) is 2. The zero-order valence-electron chi connectivity index (χ0n) is 10.2. The van der Waals surface area contributed by atoms with Gasteiger partial charge in [0.05, 0.1) is 11.3 Å². The molecule has 18 heavy (non-hydrogen) atoms. The van der Waals surface area contributed by atoms with Crippen molar-refractivity contribution in [3.63, 3.8) is 0 Å². The van der Waals surface area contributed by atoms with E-state index < -0.39 is 5.97 Å². The fraction of sp³-hybridized carbons (Fsp3) is 0.231. The summed E-state index contributed by atoms with van der Waals surface area (Å²) < 4.78 is 1.77. The fourth-order valence-corrected chi connectivity index (χ4v) is 1.84. The number of carboxylic acid groups (broad SMARTS) is 1. The molecule has 0 bridgehead atoms. The number of carbonyl (C=O) groups is 1. The number of phenols is 1. The van der Waals surface area contributed by atoms with E-state index in [4.69, 9.17) is 5.11 Å². The number of benzene rings is 1. The molecule has 0 aliphatic heterocycles. The van der Waals surface area contributed by atoms with Gasteiger partial charge in [-0.3, -0.25) is 4.68 Å². The highest BCUT2D eigenvalue weighted by Crippen LogP contribution is 2.31. The van der Waals surface area contributed by atoms with E-state index in [-0.39, 0.29) is 11.3 Å². The Labute approximate surface area is 104 Å². The molecule has 0 aliphatic rings. The van der Waals surface area contributed by atoms with Crippen LogP contribution in [-0.2, 0) is 6.54 Å². The predicted octanol–water partition coefficient (Wildman–Crippen LogP) is 2.28. The van der Waals surface area contributed by atoms with Crippen LogP contribution < -0.4 is 0 Å². The molecule has 0 aliphatic carbocycles. The molecule has 0 saturated heterocycles. The van der Waals surface area contributed by atoms with Gasteiger partial charge in [-0.1, -0.05) is 0 Å². The third kappa shape index (κ3) is 2.07. The van der Waals surface area contributed by atoms with Gasteiger partial charge in [-0.25, -0.2) is 4.79 Å². The first-order chi connectivity index (χ1) is 8.52. The minimum absolute atomic E-state index is 0.0475. The highest BCUT2D eigenvalue weighted by molar-refractivity contribution is 5.89. The number of phenolic OH excluding ortho intramolecular Hbond substituents is 1. The molecule has 94 valence electrons. The Morgan fingerprint density at radius 2 is 2.11 bits per heavy atom. The summed E-state index contributed by atoms with van der Waals surface area (Å²) in [5, 5.41) is 23.0. The van der Waals surface area contributed by atoms with Crippen LogP contribution in [0.25, 0.3) is 11.1 Å². The Hall–Kier alpha value is -2.30. The van der Waals surface area contributed by atoms with E-state index in [1.54, 1.807) is 10.7 Å². The van der Waals surface area contributed by atoms with Crippen molar-refractivity contribution < 1.29 is 15.0 Å². The maximum Gasteiger partial charge on any atom is 0.335 e. The molecular weight excluding hydrogens is 232 g/mol. The molecule has 5 heteroatoms. The smallest absolute Gasteiger partial charge is 0.335 e. The van der Waals surface area contributed by atoms with Gasteiger partial charge in [-0.05, 0) is 32.0 Å². The first-order valence-electron chi connectivity index (χ1n) is 5.63. The number of aromatic nitrogens is 2. The van der Waals surface area contributed by atoms with Crippen molar-refractivity contribution in [1.29, 1.82) is 0 Å². The largest absolute Gasteiger partial charge is 0.507 e. The average molecular weight is 246 g/mol. The summed E-state index contributed by atoms with van der Waals surface area (Å²) in [6.07, 6.45) is 1.84. The van der Waals surface area contributed by atoms with Gasteiger partial charge in [0.15, 0.2) is 0 Å². The molecule has 0 amide bonds. The summed E-state index contributed by atoms with van der Waals surface area (Å²) in [7, 11) is 0. The van der Waals surface area contributed by atoms with Crippen LogP contribution in [0.4, 0.5) is 0 Å². The van der Waals surface area contributed by atoms with Crippen LogP contribution in [0.5, 0.6) is 5.75 Å². The molecular formula is C13H14N2O3. The number of hydrogen-bond acceptors (Lipinski definition) is 3. The number of nitrogens with zero attached hydrogens (tertiary/aromatic N) is 2. The second-order valence-electron chi connectivity index (χ2n) is 4.02. The first-order valence-corrected chi connectivity index (χ1v) is 5.63. The molecule has 2 aromatic rings. The van der Waals surface area contributed by atoms with E-state index in [0.29, 0.717) is 5.56 Å². The number of carboxylic acids is 1. The molecule has 5 nitrogen and oxygen atoms in total. The molecule has 1 heterocycles. The molecule has 2 N–H and O–H groups in total. The summed E-state index contributed by atoms with van der Waals surface area (Å²) in [5.41, 5.74) is 2.27. The zero-order valence-corrected chi connectivity index (χ0v) is 10.2. The lowest BCUT2D eigenvalue weighted by atomic mass is 10.0. The van der Waals surface area contributed by atoms with Gasteiger partial charge in [-0.2, -0.15) is 5.10 Å². The number of aryl methyl sites for hydroxylation is 2. The third-order valence-electron chi connectivity index (χ3n) is 2.81. The molecule has 1 aromatic heterocycles. The Morgan fingerprint density at radius 3 is 2.61 bits per heavy atom. The maximum absolute atomic E-state index is 10.8. The van der Waals surface area contributed by atoms with Crippen LogP contribution in [0.3, 0.4) is 0 Å². The summed E-state index contributed by atoms with van der Waals surface area (Å²) in [6, 6.07) is 4.32. The van der Waals surface area contributed by atoms with Crippen molar-refractivity contribution in [3.8, 4) is 16.9 Å². The lowest BCUT2D eigenvalue weighted by Gasteiger charge is -2.04. The van der Waals surface area contributed by atoms with Crippen LogP contribution in [-0.4, -0.2) is 26.0 Å². The van der Waals surface area contributed by atoms with Gasteiger partial charge >= 0.3 is 5.97 Å². The van der Waals surface area contributed by atoms with Crippen LogP contribution >= 0.6 is 0 Å². The van der Waals surface area contributed by atoms with Crippen molar-refractivity contribution in [1.82, 2.24) is 9.78 Å². The first kappa shape index (κ1) is 12.2. The second kappa shape index (κ2) is 4.52.